The Balaban J connectivity index is 1.84. The van der Waals surface area contributed by atoms with Gasteiger partial charge < -0.3 is 20.3 Å². The molecule has 1 spiro atoms. The monoisotopic (exact) mass is 440 g/mol. The Bertz CT molecular complexity index is 1070. The van der Waals surface area contributed by atoms with Crippen molar-refractivity contribution in [2.45, 2.75) is 43.1 Å². The quantitative estimate of drug-likeness (QED) is 0.572. The van der Waals surface area contributed by atoms with Crippen LogP contribution >= 0.6 is 0 Å². The Labute approximate surface area is 172 Å². The molecule has 162 valence electrons. The summed E-state index contributed by atoms with van der Waals surface area (Å²) < 4.78 is 61.6. The number of hydrogen-bond acceptors (Lipinski definition) is 6. The maximum Gasteiger partial charge on any atom is 0.238 e. The van der Waals surface area contributed by atoms with Crippen LogP contribution in [0.5, 0.6) is 5.75 Å². The second-order valence-electron chi connectivity index (χ2n) is 7.85. The molecule has 0 radical (unpaired) electrons. The van der Waals surface area contributed by atoms with Gasteiger partial charge in [0.1, 0.15) is 29.8 Å². The Morgan fingerprint density at radius 1 is 1.17 bits per heavy atom. The molecule has 1 saturated carbocycles. The third-order valence-corrected chi connectivity index (χ3v) is 7.74. The van der Waals surface area contributed by atoms with Gasteiger partial charge in [0.25, 0.3) is 0 Å². The normalized spacial score (nSPS) is 24.3. The summed E-state index contributed by atoms with van der Waals surface area (Å²) in [6.07, 6.45) is -2.34. The largest absolute Gasteiger partial charge is 0.488 e. The van der Waals surface area contributed by atoms with E-state index in [2.05, 4.69) is 10.0 Å². The molecule has 0 saturated heterocycles. The lowest BCUT2D eigenvalue weighted by molar-refractivity contribution is -0.0129. The van der Waals surface area contributed by atoms with E-state index in [-0.39, 0.29) is 30.7 Å². The average Bonchev–Trinajstić information content (AvgIpc) is 3.48. The Morgan fingerprint density at radius 3 is 2.47 bits per heavy atom. The van der Waals surface area contributed by atoms with Gasteiger partial charge in [0.2, 0.25) is 10.0 Å². The molecule has 1 fully saturated rings. The second kappa shape index (κ2) is 7.36. The summed E-state index contributed by atoms with van der Waals surface area (Å²) in [5.74, 6) is -2.82. The number of ether oxygens (including phenoxy) is 1. The Morgan fingerprint density at radius 2 is 1.83 bits per heavy atom. The topological polar surface area (TPSA) is 108 Å². The standard InChI is InChI=1S/C20H22F2N2O5S/c1-11-2-4-12(5-3-11)23-19-17(22)13(21)8-16-18(19)24-30(27,28)20(6-7-20)9-14(25)15(26)10-29-16/h2-5,8,14-15,23-26H,6-7,9-10H2,1H3. The van der Waals surface area contributed by atoms with Crippen LogP contribution in [0.2, 0.25) is 0 Å². The highest BCUT2D eigenvalue weighted by Gasteiger charge is 2.56. The van der Waals surface area contributed by atoms with Crippen LogP contribution in [0, 0.1) is 18.6 Å². The molecule has 2 unspecified atom stereocenters. The lowest BCUT2D eigenvalue weighted by atomic mass is 10.1. The van der Waals surface area contributed by atoms with E-state index < -0.39 is 50.9 Å². The van der Waals surface area contributed by atoms with E-state index >= 15 is 0 Å². The number of nitrogens with one attached hydrogen (secondary N) is 2. The van der Waals surface area contributed by atoms with Gasteiger partial charge in [0.15, 0.2) is 11.6 Å². The van der Waals surface area contributed by atoms with Gasteiger partial charge in [-0.05, 0) is 38.3 Å². The predicted octanol–water partition coefficient (Wildman–Crippen LogP) is 2.80. The number of benzene rings is 2. The van der Waals surface area contributed by atoms with Crippen molar-refractivity contribution < 1.29 is 32.1 Å². The van der Waals surface area contributed by atoms with E-state index in [1.807, 2.05) is 6.92 Å². The highest BCUT2D eigenvalue weighted by Crippen LogP contribution is 2.50. The van der Waals surface area contributed by atoms with Crippen LogP contribution in [0.3, 0.4) is 0 Å². The molecule has 2 atom stereocenters. The highest BCUT2D eigenvalue weighted by atomic mass is 32.2. The van der Waals surface area contributed by atoms with Gasteiger partial charge in [-0.2, -0.15) is 0 Å². The van der Waals surface area contributed by atoms with E-state index in [1.165, 1.54) is 0 Å². The van der Waals surface area contributed by atoms with Gasteiger partial charge in [-0.25, -0.2) is 17.2 Å². The number of fused-ring (bicyclic) bond motifs is 1. The molecular weight excluding hydrogens is 418 g/mol. The number of aliphatic hydroxyl groups is 2. The zero-order valence-corrected chi connectivity index (χ0v) is 17.0. The number of rotatable bonds is 2. The van der Waals surface area contributed by atoms with Crippen LogP contribution in [0.25, 0.3) is 0 Å². The summed E-state index contributed by atoms with van der Waals surface area (Å²) in [6.45, 7) is 1.45. The van der Waals surface area contributed by atoms with E-state index in [4.69, 9.17) is 4.74 Å². The van der Waals surface area contributed by atoms with Crippen LogP contribution in [0.4, 0.5) is 25.8 Å². The molecule has 1 heterocycles. The van der Waals surface area contributed by atoms with Crippen molar-refractivity contribution >= 4 is 27.1 Å². The smallest absolute Gasteiger partial charge is 0.238 e. The third kappa shape index (κ3) is 3.70. The molecule has 0 bridgehead atoms. The maximum absolute atomic E-state index is 14.8. The minimum atomic E-state index is -4.10. The molecular formula is C20H22F2N2O5S. The molecule has 0 aromatic heterocycles. The van der Waals surface area contributed by atoms with Crippen LogP contribution < -0.4 is 14.8 Å². The minimum absolute atomic E-state index is 0.188. The first kappa shape index (κ1) is 20.8. The fourth-order valence-electron chi connectivity index (χ4n) is 3.48. The molecule has 7 nitrogen and oxygen atoms in total. The van der Waals surface area contributed by atoms with Crippen LogP contribution in [0.1, 0.15) is 24.8 Å². The first-order valence-corrected chi connectivity index (χ1v) is 11.0. The van der Waals surface area contributed by atoms with E-state index in [1.54, 1.807) is 24.3 Å². The van der Waals surface area contributed by atoms with Crippen molar-refractivity contribution in [1.82, 2.24) is 0 Å². The number of aryl methyl sites for hydroxylation is 1. The summed E-state index contributed by atoms with van der Waals surface area (Å²) in [6, 6.07) is 7.52. The lowest BCUT2D eigenvalue weighted by Gasteiger charge is -2.28. The first-order chi connectivity index (χ1) is 14.1. The van der Waals surface area contributed by atoms with E-state index in [0.29, 0.717) is 11.8 Å². The Hall–Kier alpha value is -2.43. The third-order valence-electron chi connectivity index (χ3n) is 5.55. The van der Waals surface area contributed by atoms with Crippen molar-refractivity contribution in [3.63, 3.8) is 0 Å². The van der Waals surface area contributed by atoms with Crippen molar-refractivity contribution in [3.8, 4) is 5.75 Å². The van der Waals surface area contributed by atoms with Gasteiger partial charge >= 0.3 is 0 Å². The molecule has 4 N–H and O–H groups in total. The van der Waals surface area contributed by atoms with Gasteiger partial charge in [0.05, 0.1) is 10.9 Å². The summed E-state index contributed by atoms with van der Waals surface area (Å²) in [7, 11) is -4.10. The van der Waals surface area contributed by atoms with Crippen molar-refractivity contribution in [2.75, 3.05) is 16.6 Å². The lowest BCUT2D eigenvalue weighted by Crippen LogP contribution is -2.41. The summed E-state index contributed by atoms with van der Waals surface area (Å²) >= 11 is 0. The molecule has 1 aliphatic carbocycles. The molecule has 2 aromatic rings. The number of halogens is 2. The molecule has 10 heteroatoms. The molecule has 1 aliphatic heterocycles. The molecule has 2 aromatic carbocycles. The SMILES string of the molecule is Cc1ccc(Nc2c(F)c(F)cc3c2NS(=O)(=O)C2(CC2)CC(O)C(O)CO3)cc1. The van der Waals surface area contributed by atoms with Crippen LogP contribution in [-0.4, -0.2) is 42.2 Å². The first-order valence-electron chi connectivity index (χ1n) is 9.49. The molecule has 4 rings (SSSR count). The number of hydrogen-bond donors (Lipinski definition) is 4. The highest BCUT2D eigenvalue weighted by molar-refractivity contribution is 7.94. The molecule has 0 amide bonds. The summed E-state index contributed by atoms with van der Waals surface area (Å²) in [5, 5.41) is 23.0. The van der Waals surface area contributed by atoms with Gasteiger partial charge in [-0.15, -0.1) is 0 Å². The fraction of sp³-hybridized carbons (Fsp3) is 0.400. The predicted molar refractivity (Wildman–Crippen MR) is 107 cm³/mol. The summed E-state index contributed by atoms with van der Waals surface area (Å²) in [5.41, 5.74) is 0.656. The minimum Gasteiger partial charge on any atom is -0.488 e. The number of sulfonamides is 1. The maximum atomic E-state index is 14.8. The van der Waals surface area contributed by atoms with Gasteiger partial charge in [-0.1, -0.05) is 17.7 Å². The van der Waals surface area contributed by atoms with Crippen molar-refractivity contribution in [2.24, 2.45) is 0 Å². The zero-order valence-electron chi connectivity index (χ0n) is 16.2. The molecule has 30 heavy (non-hydrogen) atoms. The molecule has 2 aliphatic rings. The Kier molecular flexibility index (Phi) is 5.11. The van der Waals surface area contributed by atoms with Crippen molar-refractivity contribution in [3.05, 3.63) is 47.5 Å². The van der Waals surface area contributed by atoms with Gasteiger partial charge in [-0.3, -0.25) is 4.72 Å². The number of anilines is 3. The van der Waals surface area contributed by atoms with Crippen LogP contribution in [-0.2, 0) is 10.0 Å². The average molecular weight is 440 g/mol. The zero-order chi connectivity index (χ0) is 21.7. The van der Waals surface area contributed by atoms with E-state index in [9.17, 15) is 27.4 Å². The van der Waals surface area contributed by atoms with Crippen molar-refractivity contribution in [1.29, 1.82) is 0 Å². The van der Waals surface area contributed by atoms with Crippen LogP contribution in [0.15, 0.2) is 30.3 Å². The number of aliphatic hydroxyl groups excluding tert-OH is 2. The fourth-order valence-corrected chi connectivity index (χ4v) is 5.20. The second-order valence-corrected chi connectivity index (χ2v) is 9.93. The van der Waals surface area contributed by atoms with Gasteiger partial charge in [0, 0.05) is 11.8 Å². The summed E-state index contributed by atoms with van der Waals surface area (Å²) in [4.78, 5) is 0. The van der Waals surface area contributed by atoms with E-state index in [0.717, 1.165) is 5.56 Å².